The molecule has 0 spiro atoms. The first-order valence-corrected chi connectivity index (χ1v) is 8.36. The van der Waals surface area contributed by atoms with Crippen molar-refractivity contribution in [1.82, 2.24) is 4.90 Å². The fourth-order valence-electron chi connectivity index (χ4n) is 2.92. The standard InChI is InChI=1S/C20H23NO4/c1-20(2,3)25-19(23)21-16(17-10-7-11-24-17)12-15(13-18(21)22)14-8-5-4-6-9-14/h4-12,15,18,22H,13H2,1-3H3/t15-,18?/m0/s1. The van der Waals surface area contributed by atoms with Crippen LogP contribution in [-0.2, 0) is 4.74 Å². The summed E-state index contributed by atoms with van der Waals surface area (Å²) in [6.07, 6.45) is 2.31. The van der Waals surface area contributed by atoms with E-state index in [1.165, 1.54) is 4.90 Å². The first-order valence-electron chi connectivity index (χ1n) is 8.36. The average Bonchev–Trinajstić information content (AvgIpc) is 3.07. The third-order valence-corrected chi connectivity index (χ3v) is 3.97. The average molecular weight is 341 g/mol. The summed E-state index contributed by atoms with van der Waals surface area (Å²) in [6, 6.07) is 13.4. The van der Waals surface area contributed by atoms with Crippen molar-refractivity contribution in [2.24, 2.45) is 0 Å². The number of rotatable bonds is 2. The van der Waals surface area contributed by atoms with E-state index in [0.29, 0.717) is 17.9 Å². The number of aliphatic hydroxyl groups is 1. The van der Waals surface area contributed by atoms with E-state index in [9.17, 15) is 9.90 Å². The number of benzene rings is 1. The molecule has 1 aliphatic heterocycles. The van der Waals surface area contributed by atoms with Gasteiger partial charge in [-0.05, 0) is 44.5 Å². The van der Waals surface area contributed by atoms with E-state index in [0.717, 1.165) is 5.56 Å². The fourth-order valence-corrected chi connectivity index (χ4v) is 2.92. The van der Waals surface area contributed by atoms with Crippen LogP contribution < -0.4 is 0 Å². The molecule has 1 amide bonds. The molecule has 0 radical (unpaired) electrons. The van der Waals surface area contributed by atoms with Crippen LogP contribution in [0.2, 0.25) is 0 Å². The molecule has 0 saturated carbocycles. The van der Waals surface area contributed by atoms with Crippen LogP contribution in [0.5, 0.6) is 0 Å². The maximum atomic E-state index is 12.6. The Morgan fingerprint density at radius 2 is 1.92 bits per heavy atom. The van der Waals surface area contributed by atoms with Crippen molar-refractivity contribution >= 4 is 11.8 Å². The zero-order chi connectivity index (χ0) is 18.0. The second-order valence-electron chi connectivity index (χ2n) is 7.11. The molecule has 5 heteroatoms. The molecule has 5 nitrogen and oxygen atoms in total. The molecule has 2 heterocycles. The van der Waals surface area contributed by atoms with E-state index in [2.05, 4.69) is 0 Å². The van der Waals surface area contributed by atoms with Crippen LogP contribution in [0.4, 0.5) is 4.79 Å². The number of carbonyl (C=O) groups excluding carboxylic acids is 1. The molecule has 1 aliphatic rings. The number of allylic oxidation sites excluding steroid dienone is 1. The molecule has 0 saturated heterocycles. The molecule has 1 unspecified atom stereocenters. The Morgan fingerprint density at radius 1 is 1.20 bits per heavy atom. The van der Waals surface area contributed by atoms with Gasteiger partial charge in [-0.25, -0.2) is 9.69 Å². The summed E-state index contributed by atoms with van der Waals surface area (Å²) in [5.41, 5.74) is 0.947. The quantitative estimate of drug-likeness (QED) is 0.881. The van der Waals surface area contributed by atoms with Gasteiger partial charge >= 0.3 is 6.09 Å². The van der Waals surface area contributed by atoms with Gasteiger partial charge in [0, 0.05) is 12.3 Å². The van der Waals surface area contributed by atoms with Crippen LogP contribution in [0.3, 0.4) is 0 Å². The summed E-state index contributed by atoms with van der Waals surface area (Å²) >= 11 is 0. The summed E-state index contributed by atoms with van der Waals surface area (Å²) in [4.78, 5) is 13.9. The van der Waals surface area contributed by atoms with Crippen LogP contribution in [0.25, 0.3) is 5.70 Å². The van der Waals surface area contributed by atoms with Gasteiger partial charge in [-0.2, -0.15) is 0 Å². The molecule has 132 valence electrons. The predicted molar refractivity (Wildman–Crippen MR) is 94.6 cm³/mol. The minimum Gasteiger partial charge on any atom is -0.463 e. The van der Waals surface area contributed by atoms with Crippen LogP contribution in [0.1, 0.15) is 44.4 Å². The predicted octanol–water partition coefficient (Wildman–Crippen LogP) is 4.36. The van der Waals surface area contributed by atoms with Gasteiger partial charge in [-0.1, -0.05) is 30.3 Å². The Kier molecular flexibility index (Phi) is 4.68. The van der Waals surface area contributed by atoms with E-state index in [4.69, 9.17) is 9.15 Å². The van der Waals surface area contributed by atoms with Crippen LogP contribution in [-0.4, -0.2) is 27.9 Å². The van der Waals surface area contributed by atoms with E-state index in [-0.39, 0.29) is 5.92 Å². The summed E-state index contributed by atoms with van der Waals surface area (Å²) in [5, 5.41) is 10.7. The van der Waals surface area contributed by atoms with E-state index >= 15 is 0 Å². The molecular weight excluding hydrogens is 318 g/mol. The lowest BCUT2D eigenvalue weighted by atomic mass is 9.90. The second kappa shape index (κ2) is 6.76. The molecule has 25 heavy (non-hydrogen) atoms. The van der Waals surface area contributed by atoms with Crippen molar-refractivity contribution in [2.75, 3.05) is 0 Å². The highest BCUT2D eigenvalue weighted by Gasteiger charge is 2.37. The summed E-state index contributed by atoms with van der Waals surface area (Å²) in [6.45, 7) is 5.39. The minimum atomic E-state index is -0.995. The molecule has 2 atom stereocenters. The molecule has 1 N–H and O–H groups in total. The number of hydrogen-bond donors (Lipinski definition) is 1. The Bertz CT molecular complexity index is 744. The van der Waals surface area contributed by atoms with Gasteiger partial charge in [0.1, 0.15) is 17.6 Å². The Hall–Kier alpha value is -2.53. The highest BCUT2D eigenvalue weighted by molar-refractivity contribution is 5.82. The van der Waals surface area contributed by atoms with Gasteiger partial charge in [0.05, 0.1) is 12.0 Å². The van der Waals surface area contributed by atoms with Crippen LogP contribution in [0, 0.1) is 0 Å². The monoisotopic (exact) mass is 341 g/mol. The summed E-state index contributed by atoms with van der Waals surface area (Å²) in [5.74, 6) is 0.500. The zero-order valence-corrected chi connectivity index (χ0v) is 14.7. The van der Waals surface area contributed by atoms with Crippen molar-refractivity contribution in [3.63, 3.8) is 0 Å². The molecule has 3 rings (SSSR count). The van der Waals surface area contributed by atoms with Crippen molar-refractivity contribution in [3.8, 4) is 0 Å². The number of hydrogen-bond acceptors (Lipinski definition) is 4. The lowest BCUT2D eigenvalue weighted by Gasteiger charge is -2.36. The van der Waals surface area contributed by atoms with Gasteiger partial charge in [-0.15, -0.1) is 0 Å². The Morgan fingerprint density at radius 3 is 2.52 bits per heavy atom. The van der Waals surface area contributed by atoms with E-state index in [1.54, 1.807) is 39.2 Å². The van der Waals surface area contributed by atoms with E-state index < -0.39 is 17.9 Å². The molecule has 0 bridgehead atoms. The van der Waals surface area contributed by atoms with Crippen LogP contribution in [0.15, 0.2) is 59.2 Å². The molecular formula is C20H23NO4. The third kappa shape index (κ3) is 3.94. The van der Waals surface area contributed by atoms with Gasteiger partial charge < -0.3 is 14.3 Å². The maximum Gasteiger partial charge on any atom is 0.417 e. The molecule has 1 aromatic heterocycles. The molecule has 0 fully saturated rings. The number of nitrogens with zero attached hydrogens (tertiary/aromatic N) is 1. The van der Waals surface area contributed by atoms with Gasteiger partial charge in [0.15, 0.2) is 0 Å². The SMILES string of the molecule is CC(C)(C)OC(=O)N1C(c2ccco2)=C[C@H](c2ccccc2)CC1O. The van der Waals surface area contributed by atoms with Gasteiger partial charge in [0.2, 0.25) is 0 Å². The number of aliphatic hydroxyl groups excluding tert-OH is 1. The molecule has 2 aromatic rings. The first kappa shape index (κ1) is 17.3. The largest absolute Gasteiger partial charge is 0.463 e. The van der Waals surface area contributed by atoms with Crippen LogP contribution >= 0.6 is 0 Å². The Labute approximate surface area is 147 Å². The second-order valence-corrected chi connectivity index (χ2v) is 7.11. The zero-order valence-electron chi connectivity index (χ0n) is 14.7. The van der Waals surface area contributed by atoms with Crippen molar-refractivity contribution in [1.29, 1.82) is 0 Å². The summed E-state index contributed by atoms with van der Waals surface area (Å²) in [7, 11) is 0. The molecule has 1 aromatic carbocycles. The number of ether oxygens (including phenoxy) is 1. The molecule has 0 aliphatic carbocycles. The number of amides is 1. The van der Waals surface area contributed by atoms with Gasteiger partial charge in [-0.3, -0.25) is 0 Å². The smallest absolute Gasteiger partial charge is 0.417 e. The van der Waals surface area contributed by atoms with Crippen molar-refractivity contribution < 1.29 is 19.1 Å². The topological polar surface area (TPSA) is 62.9 Å². The summed E-state index contributed by atoms with van der Waals surface area (Å²) < 4.78 is 10.9. The lowest BCUT2D eigenvalue weighted by Crippen LogP contribution is -2.44. The van der Waals surface area contributed by atoms with Crippen molar-refractivity contribution in [3.05, 3.63) is 66.1 Å². The normalized spacial score (nSPS) is 21.0. The first-order chi connectivity index (χ1) is 11.8. The maximum absolute atomic E-state index is 12.6. The fraction of sp³-hybridized carbons (Fsp3) is 0.350. The minimum absolute atomic E-state index is 0.0185. The third-order valence-electron chi connectivity index (χ3n) is 3.97. The van der Waals surface area contributed by atoms with E-state index in [1.807, 2.05) is 36.4 Å². The highest BCUT2D eigenvalue weighted by atomic mass is 16.6. The lowest BCUT2D eigenvalue weighted by molar-refractivity contribution is -0.0141. The van der Waals surface area contributed by atoms with Gasteiger partial charge in [0.25, 0.3) is 0 Å². The number of furan rings is 1. The van der Waals surface area contributed by atoms with Crippen molar-refractivity contribution in [2.45, 2.75) is 44.9 Å². The number of carbonyl (C=O) groups is 1. The highest BCUT2D eigenvalue weighted by Crippen LogP contribution is 2.37. The Balaban J connectivity index is 1.99.